The molecule has 1 aliphatic rings. The summed E-state index contributed by atoms with van der Waals surface area (Å²) in [7, 11) is 0. The van der Waals surface area contributed by atoms with E-state index >= 15 is 0 Å². The Hall–Kier alpha value is -2.10. The van der Waals surface area contributed by atoms with E-state index in [2.05, 4.69) is 51.4 Å². The molecule has 0 aliphatic carbocycles. The second kappa shape index (κ2) is 6.80. The van der Waals surface area contributed by atoms with Crippen LogP contribution < -0.4 is 20.9 Å². The van der Waals surface area contributed by atoms with E-state index in [1.807, 2.05) is 18.3 Å². The summed E-state index contributed by atoms with van der Waals surface area (Å²) in [4.78, 5) is 11.9. The van der Waals surface area contributed by atoms with Crippen molar-refractivity contribution in [3.63, 3.8) is 0 Å². The number of aliphatic imine (C=N–C) groups is 1. The summed E-state index contributed by atoms with van der Waals surface area (Å²) in [5.74, 6) is 2.46. The minimum atomic E-state index is 0.115. The fraction of sp³-hybridized carbons (Fsp3) is 0.312. The molecule has 0 bridgehead atoms. The van der Waals surface area contributed by atoms with Gasteiger partial charge in [0.2, 0.25) is 5.95 Å². The van der Waals surface area contributed by atoms with Crippen molar-refractivity contribution in [1.29, 1.82) is 0 Å². The normalized spacial score (nSPS) is 15.6. The van der Waals surface area contributed by atoms with Crippen LogP contribution in [0.2, 0.25) is 0 Å². The first-order valence-corrected chi connectivity index (χ1v) is 8.57. The second-order valence-electron chi connectivity index (χ2n) is 5.73. The molecular weight excluding hydrogens is 421 g/mol. The van der Waals surface area contributed by atoms with Crippen LogP contribution in [0.1, 0.15) is 25.3 Å². The Kier molecular flexibility index (Phi) is 4.74. The molecule has 0 radical (unpaired) electrons. The van der Waals surface area contributed by atoms with Gasteiger partial charge in [-0.1, -0.05) is 13.8 Å². The zero-order valence-corrected chi connectivity index (χ0v) is 15.5. The molecule has 2 aromatic rings. The quantitative estimate of drug-likeness (QED) is 0.670. The van der Waals surface area contributed by atoms with Gasteiger partial charge >= 0.3 is 0 Å². The van der Waals surface area contributed by atoms with E-state index in [1.54, 1.807) is 0 Å². The molecule has 3 rings (SSSR count). The molecule has 8 heteroatoms. The molecule has 24 heavy (non-hydrogen) atoms. The van der Waals surface area contributed by atoms with E-state index in [0.29, 0.717) is 18.1 Å². The lowest BCUT2D eigenvalue weighted by Crippen LogP contribution is -2.08. The topological polar surface area (TPSA) is 109 Å². The monoisotopic (exact) mass is 439 g/mol. The van der Waals surface area contributed by atoms with Crippen molar-refractivity contribution in [2.75, 3.05) is 18.1 Å². The molecule has 0 saturated carbocycles. The smallest absolute Gasteiger partial charge is 0.222 e. The van der Waals surface area contributed by atoms with Crippen LogP contribution in [0.3, 0.4) is 0 Å². The van der Waals surface area contributed by atoms with E-state index in [0.717, 1.165) is 14.9 Å². The molecule has 1 atom stereocenters. The molecular formula is C16H18IN5O2. The van der Waals surface area contributed by atoms with E-state index in [1.165, 1.54) is 6.20 Å². The predicted octanol–water partition coefficient (Wildman–Crippen LogP) is 2.99. The molecule has 0 saturated heterocycles. The SMILES string of the molecule is CC(C)c1cc(OCC2C=N2)c(I)cc1Oc1cnc(N)nc1N. The van der Waals surface area contributed by atoms with Crippen LogP contribution in [-0.4, -0.2) is 28.8 Å². The molecule has 7 nitrogen and oxygen atoms in total. The molecule has 4 N–H and O–H groups in total. The molecule has 2 heterocycles. The van der Waals surface area contributed by atoms with Crippen molar-refractivity contribution in [3.8, 4) is 17.2 Å². The van der Waals surface area contributed by atoms with Crippen LogP contribution in [-0.2, 0) is 0 Å². The highest BCUT2D eigenvalue weighted by Crippen LogP contribution is 2.38. The number of nitrogen functional groups attached to an aromatic ring is 2. The summed E-state index contributed by atoms with van der Waals surface area (Å²) in [6.07, 6.45) is 3.35. The van der Waals surface area contributed by atoms with Gasteiger partial charge in [-0.25, -0.2) is 4.98 Å². The Morgan fingerprint density at radius 2 is 1.96 bits per heavy atom. The summed E-state index contributed by atoms with van der Waals surface area (Å²) < 4.78 is 12.7. The second-order valence-corrected chi connectivity index (χ2v) is 6.89. The number of hydrogen-bond acceptors (Lipinski definition) is 7. The first kappa shape index (κ1) is 16.7. The third-order valence-corrected chi connectivity index (χ3v) is 4.32. The van der Waals surface area contributed by atoms with Gasteiger partial charge in [-0.3, -0.25) is 4.99 Å². The van der Waals surface area contributed by atoms with Crippen LogP contribution in [0.25, 0.3) is 0 Å². The summed E-state index contributed by atoms with van der Waals surface area (Å²) >= 11 is 2.22. The van der Waals surface area contributed by atoms with Crippen LogP contribution in [0.15, 0.2) is 23.3 Å². The molecule has 1 aromatic heterocycles. The first-order valence-electron chi connectivity index (χ1n) is 7.49. The summed E-state index contributed by atoms with van der Waals surface area (Å²) in [5, 5.41) is 0. The number of nitrogens with zero attached hydrogens (tertiary/aromatic N) is 3. The van der Waals surface area contributed by atoms with Gasteiger partial charge in [0.1, 0.15) is 24.1 Å². The number of anilines is 2. The van der Waals surface area contributed by atoms with Crippen molar-refractivity contribution in [3.05, 3.63) is 27.5 Å². The highest BCUT2D eigenvalue weighted by atomic mass is 127. The lowest BCUT2D eigenvalue weighted by atomic mass is 10.0. The molecule has 0 spiro atoms. The Bertz CT molecular complexity index is 788. The number of ether oxygens (including phenoxy) is 2. The van der Waals surface area contributed by atoms with Crippen molar-refractivity contribution >= 4 is 40.6 Å². The van der Waals surface area contributed by atoms with Gasteiger partial charge < -0.3 is 20.9 Å². The molecule has 1 aromatic carbocycles. The number of halogens is 1. The average Bonchev–Trinajstić information content (AvgIpc) is 3.33. The molecule has 126 valence electrons. The van der Waals surface area contributed by atoms with E-state index in [4.69, 9.17) is 20.9 Å². The maximum Gasteiger partial charge on any atom is 0.222 e. The Morgan fingerprint density at radius 1 is 1.21 bits per heavy atom. The Balaban J connectivity index is 1.89. The van der Waals surface area contributed by atoms with E-state index in [-0.39, 0.29) is 23.7 Å². The summed E-state index contributed by atoms with van der Waals surface area (Å²) in [6, 6.07) is 4.14. The van der Waals surface area contributed by atoms with Crippen molar-refractivity contribution in [2.24, 2.45) is 4.99 Å². The maximum atomic E-state index is 5.94. The fourth-order valence-electron chi connectivity index (χ4n) is 2.12. The highest BCUT2D eigenvalue weighted by Gasteiger charge is 2.18. The molecule has 0 amide bonds. The van der Waals surface area contributed by atoms with Crippen LogP contribution in [0.4, 0.5) is 11.8 Å². The van der Waals surface area contributed by atoms with Crippen LogP contribution >= 0.6 is 22.6 Å². The van der Waals surface area contributed by atoms with Crippen molar-refractivity contribution in [1.82, 2.24) is 9.97 Å². The largest absolute Gasteiger partial charge is 0.490 e. The lowest BCUT2D eigenvalue weighted by Gasteiger charge is -2.17. The van der Waals surface area contributed by atoms with Gasteiger partial charge in [-0.2, -0.15) is 4.98 Å². The number of aromatic nitrogens is 2. The average molecular weight is 439 g/mol. The van der Waals surface area contributed by atoms with Crippen LogP contribution in [0.5, 0.6) is 17.2 Å². The number of nitrogens with two attached hydrogens (primary N) is 2. The zero-order valence-electron chi connectivity index (χ0n) is 13.4. The predicted molar refractivity (Wildman–Crippen MR) is 102 cm³/mol. The van der Waals surface area contributed by atoms with Gasteiger partial charge in [0.05, 0.1) is 9.77 Å². The third-order valence-electron chi connectivity index (χ3n) is 3.48. The molecule has 1 aliphatic heterocycles. The Morgan fingerprint density at radius 3 is 2.58 bits per heavy atom. The number of rotatable bonds is 6. The zero-order chi connectivity index (χ0) is 17.3. The van der Waals surface area contributed by atoms with E-state index < -0.39 is 0 Å². The standard InChI is InChI=1S/C16H18IN5O2/c1-8(2)10-3-13(23-7-9-5-20-9)11(17)4-12(10)24-14-6-21-16(19)22-15(14)18/h3-6,8-9H,7H2,1-2H3,(H4,18,19,21,22). The van der Waals surface area contributed by atoms with E-state index in [9.17, 15) is 0 Å². The first-order chi connectivity index (χ1) is 11.4. The minimum Gasteiger partial charge on any atom is -0.490 e. The number of benzene rings is 1. The highest BCUT2D eigenvalue weighted by molar-refractivity contribution is 14.1. The third kappa shape index (κ3) is 3.86. The van der Waals surface area contributed by atoms with Crippen molar-refractivity contribution < 1.29 is 9.47 Å². The fourth-order valence-corrected chi connectivity index (χ4v) is 2.71. The molecule has 0 fully saturated rings. The van der Waals surface area contributed by atoms with Crippen LogP contribution in [0, 0.1) is 3.57 Å². The van der Waals surface area contributed by atoms with Gasteiger partial charge in [0, 0.05) is 11.8 Å². The maximum absolute atomic E-state index is 5.94. The summed E-state index contributed by atoms with van der Waals surface area (Å²) in [5.41, 5.74) is 12.4. The molecule has 1 unspecified atom stereocenters. The van der Waals surface area contributed by atoms with Gasteiger partial charge in [0.15, 0.2) is 11.6 Å². The van der Waals surface area contributed by atoms with Crippen molar-refractivity contribution in [2.45, 2.75) is 25.8 Å². The Labute approximate surface area is 153 Å². The van der Waals surface area contributed by atoms with Gasteiger partial charge in [-0.05, 0) is 40.6 Å². The van der Waals surface area contributed by atoms with Gasteiger partial charge in [-0.15, -0.1) is 0 Å². The summed E-state index contributed by atoms with van der Waals surface area (Å²) in [6.45, 7) is 4.74. The number of hydrogen-bond donors (Lipinski definition) is 2. The minimum absolute atomic E-state index is 0.115. The lowest BCUT2D eigenvalue weighted by molar-refractivity contribution is 0.320. The van der Waals surface area contributed by atoms with Gasteiger partial charge in [0.25, 0.3) is 0 Å².